The molecule has 1 N–H and O–H groups in total. The normalized spacial score (nSPS) is 14.7. The van der Waals surface area contributed by atoms with Crippen LogP contribution >= 0.6 is 0 Å². The quantitative estimate of drug-likeness (QED) is 0.772. The number of carbonyl (C=O) groups excluding carboxylic acids is 4. The summed E-state index contributed by atoms with van der Waals surface area (Å²) in [5.74, 6) is -2.20. The van der Waals surface area contributed by atoms with E-state index in [-0.39, 0.29) is 11.7 Å². The summed E-state index contributed by atoms with van der Waals surface area (Å²) < 4.78 is 10.1. The molecule has 1 unspecified atom stereocenters. The number of hydrogen-bond acceptors (Lipinski definition) is 6. The second kappa shape index (κ2) is 8.31. The summed E-state index contributed by atoms with van der Waals surface area (Å²) in [6.45, 7) is -0.239. The Kier molecular flexibility index (Phi) is 5.65. The highest BCUT2D eigenvalue weighted by Gasteiger charge is 2.30. The number of ether oxygens (including phenoxy) is 1. The van der Waals surface area contributed by atoms with Gasteiger partial charge >= 0.3 is 5.97 Å². The van der Waals surface area contributed by atoms with E-state index in [1.54, 1.807) is 36.4 Å². The van der Waals surface area contributed by atoms with E-state index in [1.807, 2.05) is 0 Å². The number of esters is 1. The van der Waals surface area contributed by atoms with Crippen molar-refractivity contribution in [2.75, 3.05) is 13.2 Å². The van der Waals surface area contributed by atoms with Gasteiger partial charge in [-0.15, -0.1) is 0 Å². The van der Waals surface area contributed by atoms with E-state index in [0.717, 1.165) is 4.90 Å². The van der Waals surface area contributed by atoms with Gasteiger partial charge in [-0.3, -0.25) is 19.3 Å². The zero-order valence-corrected chi connectivity index (χ0v) is 14.4. The second-order valence-electron chi connectivity index (χ2n) is 5.94. The first-order valence-corrected chi connectivity index (χ1v) is 8.45. The van der Waals surface area contributed by atoms with Gasteiger partial charge < -0.3 is 14.5 Å². The van der Waals surface area contributed by atoms with Crippen LogP contribution in [0.15, 0.2) is 53.1 Å². The summed E-state index contributed by atoms with van der Waals surface area (Å²) in [4.78, 5) is 49.5. The minimum Gasteiger partial charge on any atom is -0.459 e. The number of imide groups is 1. The summed E-state index contributed by atoms with van der Waals surface area (Å²) in [7, 11) is 0. The third-order valence-electron chi connectivity index (χ3n) is 4.10. The molecule has 0 spiro atoms. The number of carbonyl (C=O) groups is 4. The third-order valence-corrected chi connectivity index (χ3v) is 4.10. The standard InChI is InChI=1S/C19H18N2O6/c22-15-9-4-10-21(15)16(23)12-27-19(25)17(13-6-2-1-3-7-13)20-18(24)14-8-5-11-26-14/h1-3,5-8,11,17H,4,9-10,12H2,(H,20,24). The number of furan rings is 1. The fraction of sp³-hybridized carbons (Fsp3) is 0.263. The van der Waals surface area contributed by atoms with Crippen LogP contribution in [0, 0.1) is 0 Å². The topological polar surface area (TPSA) is 106 Å². The minimum absolute atomic E-state index is 0.0440. The van der Waals surface area contributed by atoms with Crippen LogP contribution in [-0.4, -0.2) is 41.7 Å². The molecule has 0 radical (unpaired) electrons. The number of benzene rings is 1. The summed E-state index contributed by atoms with van der Waals surface area (Å²) in [6.07, 6.45) is 2.26. The fourth-order valence-corrected chi connectivity index (χ4v) is 2.74. The first-order valence-electron chi connectivity index (χ1n) is 8.45. The van der Waals surface area contributed by atoms with Gasteiger partial charge in [-0.1, -0.05) is 30.3 Å². The first-order chi connectivity index (χ1) is 13.1. The third kappa shape index (κ3) is 4.41. The Balaban J connectivity index is 1.68. The van der Waals surface area contributed by atoms with Gasteiger partial charge in [0.25, 0.3) is 11.8 Å². The summed E-state index contributed by atoms with van der Waals surface area (Å²) in [5.41, 5.74) is 0.493. The predicted molar refractivity (Wildman–Crippen MR) is 92.3 cm³/mol. The largest absolute Gasteiger partial charge is 0.459 e. The number of amides is 3. The maximum atomic E-state index is 12.5. The first kappa shape index (κ1) is 18.4. The van der Waals surface area contributed by atoms with E-state index in [4.69, 9.17) is 9.15 Å². The Morgan fingerprint density at radius 1 is 1.15 bits per heavy atom. The molecule has 1 fully saturated rings. The molecule has 2 heterocycles. The van der Waals surface area contributed by atoms with Crippen molar-refractivity contribution in [3.63, 3.8) is 0 Å². The highest BCUT2D eigenvalue weighted by Crippen LogP contribution is 2.16. The maximum absolute atomic E-state index is 12.5. The molecule has 2 aromatic rings. The second-order valence-corrected chi connectivity index (χ2v) is 5.94. The molecule has 0 saturated carbocycles. The number of likely N-dealkylation sites (tertiary alicyclic amines) is 1. The zero-order chi connectivity index (χ0) is 19.2. The van der Waals surface area contributed by atoms with Crippen LogP contribution in [0.4, 0.5) is 0 Å². The number of nitrogens with one attached hydrogen (secondary N) is 1. The van der Waals surface area contributed by atoms with Crippen molar-refractivity contribution >= 4 is 23.7 Å². The Morgan fingerprint density at radius 2 is 1.93 bits per heavy atom. The van der Waals surface area contributed by atoms with E-state index in [9.17, 15) is 19.2 Å². The van der Waals surface area contributed by atoms with Gasteiger partial charge in [0.1, 0.15) is 0 Å². The minimum atomic E-state index is -1.12. The van der Waals surface area contributed by atoms with Crippen molar-refractivity contribution in [1.29, 1.82) is 0 Å². The fourth-order valence-electron chi connectivity index (χ4n) is 2.74. The molecule has 8 nitrogen and oxygen atoms in total. The van der Waals surface area contributed by atoms with Crippen molar-refractivity contribution in [3.8, 4) is 0 Å². The van der Waals surface area contributed by atoms with Crippen LogP contribution in [-0.2, 0) is 19.1 Å². The van der Waals surface area contributed by atoms with Crippen LogP contribution < -0.4 is 5.32 Å². The van der Waals surface area contributed by atoms with E-state index in [1.165, 1.54) is 12.3 Å². The predicted octanol–water partition coefficient (Wildman–Crippen LogP) is 1.44. The van der Waals surface area contributed by atoms with Crippen LogP contribution in [0.2, 0.25) is 0 Å². The highest BCUT2D eigenvalue weighted by molar-refractivity contribution is 5.98. The van der Waals surface area contributed by atoms with Gasteiger partial charge in [0.15, 0.2) is 18.4 Å². The number of nitrogens with zero attached hydrogens (tertiary/aromatic N) is 1. The monoisotopic (exact) mass is 370 g/mol. The Labute approximate surface area is 155 Å². The highest BCUT2D eigenvalue weighted by atomic mass is 16.5. The summed E-state index contributed by atoms with van der Waals surface area (Å²) >= 11 is 0. The van der Waals surface area contributed by atoms with Crippen molar-refractivity contribution in [2.24, 2.45) is 0 Å². The smallest absolute Gasteiger partial charge is 0.333 e. The molecular formula is C19H18N2O6. The van der Waals surface area contributed by atoms with E-state index < -0.39 is 30.4 Å². The molecule has 1 atom stereocenters. The lowest BCUT2D eigenvalue weighted by molar-refractivity contribution is -0.156. The van der Waals surface area contributed by atoms with Crippen molar-refractivity contribution in [2.45, 2.75) is 18.9 Å². The molecule has 0 aliphatic carbocycles. The van der Waals surface area contributed by atoms with Gasteiger partial charge in [0, 0.05) is 13.0 Å². The molecule has 1 saturated heterocycles. The van der Waals surface area contributed by atoms with Crippen LogP contribution in [0.25, 0.3) is 0 Å². The van der Waals surface area contributed by atoms with Crippen molar-refractivity contribution in [3.05, 3.63) is 60.1 Å². The molecular weight excluding hydrogens is 352 g/mol. The van der Waals surface area contributed by atoms with Crippen molar-refractivity contribution < 1.29 is 28.3 Å². The molecule has 1 aromatic carbocycles. The summed E-state index contributed by atoms with van der Waals surface area (Å²) in [6, 6.07) is 10.4. The van der Waals surface area contributed by atoms with E-state index in [2.05, 4.69) is 5.32 Å². The molecule has 1 aliphatic heterocycles. The SMILES string of the molecule is O=C(NC(C(=O)OCC(=O)N1CCCC1=O)c1ccccc1)c1ccco1. The average Bonchev–Trinajstić information content (AvgIpc) is 3.36. The lowest BCUT2D eigenvalue weighted by Crippen LogP contribution is -2.38. The number of hydrogen-bond donors (Lipinski definition) is 1. The molecule has 3 amide bonds. The molecule has 27 heavy (non-hydrogen) atoms. The molecule has 140 valence electrons. The van der Waals surface area contributed by atoms with Crippen molar-refractivity contribution in [1.82, 2.24) is 10.2 Å². The van der Waals surface area contributed by atoms with Crippen LogP contribution in [0.1, 0.15) is 35.0 Å². The summed E-state index contributed by atoms with van der Waals surface area (Å²) in [5, 5.41) is 2.54. The Hall–Kier alpha value is -3.42. The van der Waals surface area contributed by atoms with Crippen LogP contribution in [0.3, 0.4) is 0 Å². The van der Waals surface area contributed by atoms with Gasteiger partial charge in [-0.05, 0) is 24.1 Å². The maximum Gasteiger partial charge on any atom is 0.333 e. The Morgan fingerprint density at radius 3 is 2.56 bits per heavy atom. The zero-order valence-electron chi connectivity index (χ0n) is 14.4. The molecule has 1 aromatic heterocycles. The molecule has 8 heteroatoms. The van der Waals surface area contributed by atoms with Gasteiger partial charge in [0.05, 0.1) is 6.26 Å². The molecule has 0 bridgehead atoms. The lowest BCUT2D eigenvalue weighted by Gasteiger charge is -2.18. The van der Waals surface area contributed by atoms with E-state index in [0.29, 0.717) is 24.9 Å². The Bertz CT molecular complexity index is 831. The van der Waals surface area contributed by atoms with Gasteiger partial charge in [0.2, 0.25) is 5.91 Å². The molecule has 1 aliphatic rings. The number of rotatable bonds is 6. The molecule has 3 rings (SSSR count). The van der Waals surface area contributed by atoms with Gasteiger partial charge in [-0.2, -0.15) is 0 Å². The average molecular weight is 370 g/mol. The van der Waals surface area contributed by atoms with E-state index >= 15 is 0 Å². The van der Waals surface area contributed by atoms with Crippen LogP contribution in [0.5, 0.6) is 0 Å². The van der Waals surface area contributed by atoms with Gasteiger partial charge in [-0.25, -0.2) is 4.79 Å². The lowest BCUT2D eigenvalue weighted by atomic mass is 10.1.